The van der Waals surface area contributed by atoms with Gasteiger partial charge in [0.25, 0.3) is 0 Å². The highest BCUT2D eigenvalue weighted by atomic mass is 16.5. The van der Waals surface area contributed by atoms with Crippen molar-refractivity contribution in [3.63, 3.8) is 0 Å². The second kappa shape index (κ2) is 9.37. The minimum Gasteiger partial charge on any atom is -0.467 e. The zero-order valence-corrected chi connectivity index (χ0v) is 12.8. The van der Waals surface area contributed by atoms with E-state index < -0.39 is 0 Å². The fourth-order valence-corrected chi connectivity index (χ4v) is 2.25. The first-order valence-corrected chi connectivity index (χ1v) is 7.81. The predicted molar refractivity (Wildman–Crippen MR) is 85.3 cm³/mol. The maximum atomic E-state index is 5.59. The van der Waals surface area contributed by atoms with E-state index in [1.54, 1.807) is 6.26 Å². The minimum atomic E-state index is 0.108. The predicted octanol–water partition coefficient (Wildman–Crippen LogP) is 4.17. The molecule has 3 heteroatoms. The van der Waals surface area contributed by atoms with Crippen molar-refractivity contribution >= 4 is 0 Å². The lowest BCUT2D eigenvalue weighted by Gasteiger charge is -2.17. The van der Waals surface area contributed by atoms with Gasteiger partial charge in [0.15, 0.2) is 0 Å². The van der Waals surface area contributed by atoms with Crippen molar-refractivity contribution in [3.05, 3.63) is 60.1 Å². The lowest BCUT2D eigenvalue weighted by Crippen LogP contribution is -2.24. The molecule has 0 amide bonds. The molecule has 1 N–H and O–H groups in total. The zero-order chi connectivity index (χ0) is 14.8. The molecule has 0 radical (unpaired) electrons. The first-order valence-electron chi connectivity index (χ1n) is 7.81. The van der Waals surface area contributed by atoms with E-state index in [4.69, 9.17) is 9.15 Å². The Bertz CT molecular complexity index is 467. The second-order valence-corrected chi connectivity index (χ2v) is 5.13. The Morgan fingerprint density at radius 1 is 1.05 bits per heavy atom. The Labute approximate surface area is 127 Å². The lowest BCUT2D eigenvalue weighted by atomic mass is 10.0. The van der Waals surface area contributed by atoms with Crippen molar-refractivity contribution in [1.82, 2.24) is 5.32 Å². The van der Waals surface area contributed by atoms with Crippen molar-refractivity contribution in [2.75, 3.05) is 19.8 Å². The van der Waals surface area contributed by atoms with Crippen LogP contribution in [0.4, 0.5) is 0 Å². The molecule has 2 aromatic rings. The Kier molecular flexibility index (Phi) is 7.05. The first kappa shape index (κ1) is 15.8. The molecule has 0 aliphatic carbocycles. The average Bonchev–Trinajstić information content (AvgIpc) is 3.05. The summed E-state index contributed by atoms with van der Waals surface area (Å²) in [6.07, 6.45) is 5.06. The summed E-state index contributed by atoms with van der Waals surface area (Å²) in [6, 6.07) is 14.4. The number of nitrogens with one attached hydrogen (secondary N) is 1. The van der Waals surface area contributed by atoms with Gasteiger partial charge in [0, 0.05) is 13.2 Å². The van der Waals surface area contributed by atoms with E-state index >= 15 is 0 Å². The van der Waals surface area contributed by atoms with Crippen LogP contribution in [0.5, 0.6) is 0 Å². The van der Waals surface area contributed by atoms with Gasteiger partial charge in [0.05, 0.1) is 12.3 Å². The quantitative estimate of drug-likeness (QED) is 0.666. The molecule has 21 heavy (non-hydrogen) atoms. The molecule has 0 aliphatic rings. The molecular weight excluding hydrogens is 262 g/mol. The Morgan fingerprint density at radius 2 is 1.86 bits per heavy atom. The molecule has 2 rings (SSSR count). The van der Waals surface area contributed by atoms with Crippen LogP contribution >= 0.6 is 0 Å². The molecule has 0 saturated heterocycles. The van der Waals surface area contributed by atoms with Gasteiger partial charge in [-0.3, -0.25) is 0 Å². The Morgan fingerprint density at radius 3 is 2.57 bits per heavy atom. The van der Waals surface area contributed by atoms with Crippen LogP contribution in [-0.4, -0.2) is 19.8 Å². The van der Waals surface area contributed by atoms with Crippen LogP contribution in [0.25, 0.3) is 0 Å². The van der Waals surface area contributed by atoms with Gasteiger partial charge in [0.1, 0.15) is 5.76 Å². The Balaban J connectivity index is 1.81. The van der Waals surface area contributed by atoms with Gasteiger partial charge in [-0.2, -0.15) is 0 Å². The van der Waals surface area contributed by atoms with Gasteiger partial charge in [-0.15, -0.1) is 0 Å². The molecular formula is C18H25NO2. The zero-order valence-electron chi connectivity index (χ0n) is 12.8. The molecule has 0 fully saturated rings. The molecule has 1 atom stereocenters. The van der Waals surface area contributed by atoms with Crippen LogP contribution < -0.4 is 5.32 Å². The van der Waals surface area contributed by atoms with Gasteiger partial charge >= 0.3 is 0 Å². The number of benzene rings is 1. The van der Waals surface area contributed by atoms with E-state index in [2.05, 4.69) is 36.5 Å². The van der Waals surface area contributed by atoms with Crippen molar-refractivity contribution in [1.29, 1.82) is 0 Å². The first-order chi connectivity index (χ1) is 10.4. The molecule has 3 nitrogen and oxygen atoms in total. The third kappa shape index (κ3) is 5.37. The van der Waals surface area contributed by atoms with Crippen LogP contribution in [0.15, 0.2) is 53.1 Å². The number of rotatable bonds is 10. The summed E-state index contributed by atoms with van der Waals surface area (Å²) in [4.78, 5) is 0. The van der Waals surface area contributed by atoms with Crippen molar-refractivity contribution in [3.8, 4) is 0 Å². The highest BCUT2D eigenvalue weighted by molar-refractivity contribution is 5.26. The molecule has 0 spiro atoms. The third-order valence-electron chi connectivity index (χ3n) is 3.42. The van der Waals surface area contributed by atoms with Gasteiger partial charge in [-0.1, -0.05) is 43.7 Å². The second-order valence-electron chi connectivity index (χ2n) is 5.13. The molecule has 0 saturated carbocycles. The van der Waals surface area contributed by atoms with Crippen LogP contribution in [0.3, 0.4) is 0 Å². The van der Waals surface area contributed by atoms with Gasteiger partial charge in [-0.05, 0) is 37.1 Å². The number of unbranched alkanes of at least 4 members (excludes halogenated alkanes) is 1. The van der Waals surface area contributed by atoms with Crippen LogP contribution in [0, 0.1) is 0 Å². The summed E-state index contributed by atoms with van der Waals surface area (Å²) in [5.41, 5.74) is 1.22. The summed E-state index contributed by atoms with van der Waals surface area (Å²) < 4.78 is 11.2. The van der Waals surface area contributed by atoms with Gasteiger partial charge in [-0.25, -0.2) is 0 Å². The topological polar surface area (TPSA) is 34.4 Å². The molecule has 0 bridgehead atoms. The van der Waals surface area contributed by atoms with E-state index in [0.717, 1.165) is 38.4 Å². The highest BCUT2D eigenvalue weighted by Crippen LogP contribution is 2.22. The van der Waals surface area contributed by atoms with Gasteiger partial charge < -0.3 is 14.5 Å². The van der Waals surface area contributed by atoms with Crippen LogP contribution in [-0.2, 0) is 4.74 Å². The number of hydrogen-bond acceptors (Lipinski definition) is 3. The maximum absolute atomic E-state index is 5.59. The van der Waals surface area contributed by atoms with E-state index in [-0.39, 0.29) is 6.04 Å². The van der Waals surface area contributed by atoms with E-state index in [9.17, 15) is 0 Å². The normalized spacial score (nSPS) is 12.4. The smallest absolute Gasteiger partial charge is 0.125 e. The fourth-order valence-electron chi connectivity index (χ4n) is 2.25. The number of ether oxygens (including phenoxy) is 1. The summed E-state index contributed by atoms with van der Waals surface area (Å²) >= 11 is 0. The maximum Gasteiger partial charge on any atom is 0.125 e. The number of hydrogen-bond donors (Lipinski definition) is 1. The van der Waals surface area contributed by atoms with Crippen molar-refractivity contribution in [2.24, 2.45) is 0 Å². The third-order valence-corrected chi connectivity index (χ3v) is 3.42. The molecule has 1 unspecified atom stereocenters. The lowest BCUT2D eigenvalue weighted by molar-refractivity contribution is 0.128. The monoisotopic (exact) mass is 287 g/mol. The van der Waals surface area contributed by atoms with Crippen molar-refractivity contribution in [2.45, 2.75) is 32.2 Å². The van der Waals surface area contributed by atoms with Crippen molar-refractivity contribution < 1.29 is 9.15 Å². The summed E-state index contributed by atoms with van der Waals surface area (Å²) in [7, 11) is 0. The highest BCUT2D eigenvalue weighted by Gasteiger charge is 2.15. The minimum absolute atomic E-state index is 0.108. The van der Waals surface area contributed by atoms with Gasteiger partial charge in [0.2, 0.25) is 0 Å². The van der Waals surface area contributed by atoms with E-state index in [1.165, 1.54) is 12.0 Å². The van der Waals surface area contributed by atoms with Crippen LogP contribution in [0.1, 0.15) is 43.6 Å². The molecule has 0 aliphatic heterocycles. The average molecular weight is 287 g/mol. The van der Waals surface area contributed by atoms with Crippen LogP contribution in [0.2, 0.25) is 0 Å². The standard InChI is InChI=1S/C18H25NO2/c1-2-3-13-20-14-8-12-19-18(17-11-7-15-21-17)16-9-5-4-6-10-16/h4-7,9-11,15,18-19H,2-3,8,12-14H2,1H3. The molecule has 1 aromatic heterocycles. The summed E-state index contributed by atoms with van der Waals surface area (Å²) in [6.45, 7) is 4.77. The fraction of sp³-hybridized carbons (Fsp3) is 0.444. The molecule has 1 heterocycles. The Hall–Kier alpha value is -1.58. The number of furan rings is 1. The summed E-state index contributed by atoms with van der Waals surface area (Å²) in [5, 5.41) is 3.56. The van der Waals surface area contributed by atoms with E-state index in [0.29, 0.717) is 0 Å². The van der Waals surface area contributed by atoms with E-state index in [1.807, 2.05) is 18.2 Å². The largest absolute Gasteiger partial charge is 0.467 e. The SMILES string of the molecule is CCCCOCCCNC(c1ccccc1)c1ccco1. The molecule has 1 aromatic carbocycles. The molecule has 114 valence electrons. The summed E-state index contributed by atoms with van der Waals surface area (Å²) in [5.74, 6) is 0.952.